The van der Waals surface area contributed by atoms with Crippen LogP contribution in [0, 0.1) is 0 Å². The Morgan fingerprint density at radius 2 is 1.90 bits per heavy atom. The molecule has 1 unspecified atom stereocenters. The third-order valence-electron chi connectivity index (χ3n) is 4.23. The van der Waals surface area contributed by atoms with Crippen LogP contribution in [0.3, 0.4) is 0 Å². The van der Waals surface area contributed by atoms with Gasteiger partial charge in [-0.15, -0.1) is 0 Å². The number of methoxy groups -OCH3 is 2. The molecule has 1 aliphatic heterocycles. The Balaban J connectivity index is 1.85. The third-order valence-corrected chi connectivity index (χ3v) is 4.23. The topological polar surface area (TPSA) is 33.7 Å². The molecule has 4 nitrogen and oxygen atoms in total. The van der Waals surface area contributed by atoms with Gasteiger partial charge in [0.1, 0.15) is 11.5 Å². The van der Waals surface area contributed by atoms with E-state index in [1.54, 1.807) is 14.2 Å². The molecule has 0 bridgehead atoms. The molecule has 2 rings (SSSR count). The normalized spacial score (nSPS) is 17.5. The maximum atomic E-state index is 5.47. The fourth-order valence-corrected chi connectivity index (χ4v) is 2.91. The predicted octanol–water partition coefficient (Wildman–Crippen LogP) is 2.84. The molecule has 1 N–H and O–H groups in total. The summed E-state index contributed by atoms with van der Waals surface area (Å²) in [5, 5.41) is 3.60. The molecule has 1 aromatic carbocycles. The minimum absolute atomic E-state index is 0.274. The number of nitrogens with zero attached hydrogens (tertiary/aromatic N) is 1. The molecule has 0 amide bonds. The quantitative estimate of drug-likeness (QED) is 0.838. The highest BCUT2D eigenvalue weighted by Gasteiger charge is 2.13. The van der Waals surface area contributed by atoms with Crippen LogP contribution in [0.5, 0.6) is 11.5 Å². The zero-order chi connectivity index (χ0) is 15.1. The first-order valence-corrected chi connectivity index (χ1v) is 7.92. The lowest BCUT2D eigenvalue weighted by Gasteiger charge is -2.27. The molecule has 1 atom stereocenters. The molecule has 1 saturated heterocycles. The molecule has 0 saturated carbocycles. The number of benzene rings is 1. The minimum atomic E-state index is 0.274. The van der Waals surface area contributed by atoms with Gasteiger partial charge in [0.2, 0.25) is 0 Å². The smallest absolute Gasteiger partial charge is 0.127 e. The maximum absolute atomic E-state index is 5.47. The van der Waals surface area contributed by atoms with Crippen LogP contribution in [0.2, 0.25) is 0 Å². The molecule has 21 heavy (non-hydrogen) atoms. The highest BCUT2D eigenvalue weighted by atomic mass is 16.5. The van der Waals surface area contributed by atoms with Crippen molar-refractivity contribution in [1.29, 1.82) is 0 Å². The number of hydrogen-bond acceptors (Lipinski definition) is 4. The Morgan fingerprint density at radius 3 is 2.57 bits per heavy atom. The summed E-state index contributed by atoms with van der Waals surface area (Å²) in [6.07, 6.45) is 4.09. The second-order valence-corrected chi connectivity index (χ2v) is 5.69. The first kappa shape index (κ1) is 16.1. The molecule has 1 heterocycles. The number of ether oxygens (including phenoxy) is 2. The van der Waals surface area contributed by atoms with Gasteiger partial charge >= 0.3 is 0 Å². The lowest BCUT2D eigenvalue weighted by Crippen LogP contribution is -2.36. The second kappa shape index (κ2) is 8.25. The van der Waals surface area contributed by atoms with E-state index >= 15 is 0 Å². The van der Waals surface area contributed by atoms with Gasteiger partial charge in [-0.1, -0.05) is 12.5 Å². The van der Waals surface area contributed by atoms with E-state index in [4.69, 9.17) is 9.47 Å². The number of piperidine rings is 1. The van der Waals surface area contributed by atoms with E-state index < -0.39 is 0 Å². The number of hydrogen-bond donors (Lipinski definition) is 1. The molecular weight excluding hydrogens is 264 g/mol. The summed E-state index contributed by atoms with van der Waals surface area (Å²) < 4.78 is 10.7. The summed E-state index contributed by atoms with van der Waals surface area (Å²) in [5.41, 5.74) is 1.18. The van der Waals surface area contributed by atoms with Crippen molar-refractivity contribution in [2.45, 2.75) is 32.2 Å². The Hall–Kier alpha value is -1.26. The molecule has 0 radical (unpaired) electrons. The van der Waals surface area contributed by atoms with Crippen molar-refractivity contribution >= 4 is 0 Å². The molecule has 1 aliphatic rings. The minimum Gasteiger partial charge on any atom is -0.497 e. The third kappa shape index (κ3) is 4.61. The number of nitrogens with one attached hydrogen (secondary N) is 1. The highest BCUT2D eigenvalue weighted by Crippen LogP contribution is 2.29. The van der Waals surface area contributed by atoms with Crippen molar-refractivity contribution in [3.8, 4) is 11.5 Å². The molecule has 4 heteroatoms. The Bertz CT molecular complexity index is 431. The predicted molar refractivity (Wildman–Crippen MR) is 86.3 cm³/mol. The number of rotatable bonds is 7. The molecule has 0 aliphatic carbocycles. The summed E-state index contributed by atoms with van der Waals surface area (Å²) >= 11 is 0. The molecule has 1 fully saturated rings. The van der Waals surface area contributed by atoms with Crippen LogP contribution in [0.1, 0.15) is 37.8 Å². The van der Waals surface area contributed by atoms with Gasteiger partial charge in [0, 0.05) is 30.8 Å². The first-order valence-electron chi connectivity index (χ1n) is 7.92. The Morgan fingerprint density at radius 1 is 1.14 bits per heavy atom. The molecule has 1 aromatic rings. The largest absolute Gasteiger partial charge is 0.497 e. The average molecular weight is 292 g/mol. The lowest BCUT2D eigenvalue weighted by molar-refractivity contribution is 0.226. The van der Waals surface area contributed by atoms with E-state index in [9.17, 15) is 0 Å². The van der Waals surface area contributed by atoms with Crippen molar-refractivity contribution < 1.29 is 9.47 Å². The van der Waals surface area contributed by atoms with Gasteiger partial charge in [-0.3, -0.25) is 0 Å². The summed E-state index contributed by atoms with van der Waals surface area (Å²) in [6, 6.07) is 6.28. The van der Waals surface area contributed by atoms with Crippen LogP contribution in [0.4, 0.5) is 0 Å². The summed E-state index contributed by atoms with van der Waals surface area (Å²) in [4.78, 5) is 2.55. The van der Waals surface area contributed by atoms with Gasteiger partial charge in [0.25, 0.3) is 0 Å². The molecule has 0 aromatic heterocycles. The van der Waals surface area contributed by atoms with Crippen molar-refractivity contribution in [3.05, 3.63) is 23.8 Å². The Kier molecular flexibility index (Phi) is 6.33. The fraction of sp³-hybridized carbons (Fsp3) is 0.647. The van der Waals surface area contributed by atoms with Gasteiger partial charge in [-0.2, -0.15) is 0 Å². The summed E-state index contributed by atoms with van der Waals surface area (Å²) in [6.45, 7) is 6.82. The van der Waals surface area contributed by atoms with E-state index in [0.717, 1.165) is 24.6 Å². The first-order chi connectivity index (χ1) is 10.2. The Labute approximate surface area is 128 Å². The van der Waals surface area contributed by atoms with E-state index in [-0.39, 0.29) is 6.04 Å². The monoisotopic (exact) mass is 292 g/mol. The second-order valence-electron chi connectivity index (χ2n) is 5.69. The van der Waals surface area contributed by atoms with Crippen LogP contribution in [0.25, 0.3) is 0 Å². The lowest BCUT2D eigenvalue weighted by atomic mass is 10.1. The van der Waals surface area contributed by atoms with Crippen LogP contribution in [-0.2, 0) is 0 Å². The molecule has 0 spiro atoms. The standard InChI is InChI=1S/C17H28N2O2/c1-14(18-9-12-19-10-5-4-6-11-19)16-8-7-15(20-2)13-17(16)21-3/h7-8,13-14,18H,4-6,9-12H2,1-3H3. The van der Waals surface area contributed by atoms with Crippen molar-refractivity contribution in [3.63, 3.8) is 0 Å². The summed E-state index contributed by atoms with van der Waals surface area (Å²) in [5.74, 6) is 1.71. The van der Waals surface area contributed by atoms with Gasteiger partial charge in [0.05, 0.1) is 14.2 Å². The van der Waals surface area contributed by atoms with Gasteiger partial charge in [-0.25, -0.2) is 0 Å². The van der Waals surface area contributed by atoms with Crippen LogP contribution < -0.4 is 14.8 Å². The van der Waals surface area contributed by atoms with Gasteiger partial charge in [0.15, 0.2) is 0 Å². The van der Waals surface area contributed by atoms with Crippen molar-refractivity contribution in [2.24, 2.45) is 0 Å². The van der Waals surface area contributed by atoms with Crippen LogP contribution in [0.15, 0.2) is 18.2 Å². The van der Waals surface area contributed by atoms with Crippen LogP contribution in [-0.4, -0.2) is 45.3 Å². The summed E-state index contributed by atoms with van der Waals surface area (Å²) in [7, 11) is 3.38. The molecular formula is C17H28N2O2. The zero-order valence-electron chi connectivity index (χ0n) is 13.5. The van der Waals surface area contributed by atoms with E-state index in [1.165, 1.54) is 37.9 Å². The number of likely N-dealkylation sites (tertiary alicyclic amines) is 1. The van der Waals surface area contributed by atoms with E-state index in [0.29, 0.717) is 0 Å². The zero-order valence-corrected chi connectivity index (χ0v) is 13.5. The van der Waals surface area contributed by atoms with Crippen LogP contribution >= 0.6 is 0 Å². The van der Waals surface area contributed by atoms with Crippen molar-refractivity contribution in [2.75, 3.05) is 40.4 Å². The van der Waals surface area contributed by atoms with Gasteiger partial charge in [-0.05, 0) is 38.9 Å². The highest BCUT2D eigenvalue weighted by molar-refractivity contribution is 5.42. The van der Waals surface area contributed by atoms with E-state index in [2.05, 4.69) is 23.2 Å². The van der Waals surface area contributed by atoms with E-state index in [1.807, 2.05) is 12.1 Å². The van der Waals surface area contributed by atoms with Crippen molar-refractivity contribution in [1.82, 2.24) is 10.2 Å². The fourth-order valence-electron chi connectivity index (χ4n) is 2.91. The maximum Gasteiger partial charge on any atom is 0.127 e. The molecule has 118 valence electrons. The SMILES string of the molecule is COc1ccc(C(C)NCCN2CCCCC2)c(OC)c1. The average Bonchev–Trinajstić information content (AvgIpc) is 2.55. The van der Waals surface area contributed by atoms with Gasteiger partial charge < -0.3 is 19.7 Å².